The zero-order valence-corrected chi connectivity index (χ0v) is 8.83. The van der Waals surface area contributed by atoms with Crippen molar-refractivity contribution in [3.05, 3.63) is 11.6 Å². The van der Waals surface area contributed by atoms with E-state index >= 15 is 0 Å². The molecule has 3 heteroatoms. The lowest BCUT2D eigenvalue weighted by Gasteiger charge is -2.28. The summed E-state index contributed by atoms with van der Waals surface area (Å²) in [6.07, 6.45) is 7.70. The van der Waals surface area contributed by atoms with Crippen LogP contribution in [-0.2, 0) is 14.3 Å². The minimum atomic E-state index is -0.174. The molecule has 0 unspecified atom stereocenters. The predicted octanol–water partition coefficient (Wildman–Crippen LogP) is 1.82. The van der Waals surface area contributed by atoms with E-state index in [2.05, 4.69) is 0 Å². The Balaban J connectivity index is 1.67. The van der Waals surface area contributed by atoms with Gasteiger partial charge >= 0.3 is 5.97 Å². The number of hydrogen-bond donors (Lipinski definition) is 0. The number of carbonyl (C=O) groups excluding carboxylic acids is 1. The molecule has 0 aromatic rings. The van der Waals surface area contributed by atoms with E-state index in [4.69, 9.17) is 9.47 Å². The van der Waals surface area contributed by atoms with Gasteiger partial charge in [-0.05, 0) is 30.8 Å². The van der Waals surface area contributed by atoms with Gasteiger partial charge in [0.2, 0.25) is 0 Å². The Morgan fingerprint density at radius 1 is 1.47 bits per heavy atom. The average Bonchev–Trinajstić information content (AvgIpc) is 2.88. The van der Waals surface area contributed by atoms with E-state index in [1.165, 1.54) is 25.7 Å². The molecule has 1 spiro atoms. The van der Waals surface area contributed by atoms with E-state index in [9.17, 15) is 4.79 Å². The van der Waals surface area contributed by atoms with Crippen LogP contribution in [-0.4, -0.2) is 24.8 Å². The summed E-state index contributed by atoms with van der Waals surface area (Å²) in [7, 11) is 0. The summed E-state index contributed by atoms with van der Waals surface area (Å²) >= 11 is 0. The Morgan fingerprint density at radius 2 is 2.33 bits per heavy atom. The molecule has 0 amide bonds. The summed E-state index contributed by atoms with van der Waals surface area (Å²) in [6, 6.07) is 0. The van der Waals surface area contributed by atoms with E-state index in [0.717, 1.165) is 18.6 Å². The molecule has 1 saturated heterocycles. The quantitative estimate of drug-likeness (QED) is 0.513. The van der Waals surface area contributed by atoms with Crippen LogP contribution in [0.5, 0.6) is 0 Å². The van der Waals surface area contributed by atoms with Crippen LogP contribution in [0.15, 0.2) is 11.6 Å². The van der Waals surface area contributed by atoms with Crippen molar-refractivity contribution in [2.24, 2.45) is 5.92 Å². The SMILES string of the molecule is O=C1C=C(C[C@H]2CCCC[C@@]23CO3)CO1. The lowest BCUT2D eigenvalue weighted by molar-refractivity contribution is -0.134. The number of hydrogen-bond acceptors (Lipinski definition) is 3. The molecule has 15 heavy (non-hydrogen) atoms. The Morgan fingerprint density at radius 3 is 3.00 bits per heavy atom. The third kappa shape index (κ3) is 1.69. The fourth-order valence-electron chi connectivity index (χ4n) is 2.89. The first-order chi connectivity index (χ1) is 7.28. The van der Waals surface area contributed by atoms with Crippen molar-refractivity contribution in [2.45, 2.75) is 37.7 Å². The van der Waals surface area contributed by atoms with Gasteiger partial charge < -0.3 is 9.47 Å². The van der Waals surface area contributed by atoms with Crippen LogP contribution in [0.1, 0.15) is 32.1 Å². The summed E-state index contributed by atoms with van der Waals surface area (Å²) in [6.45, 7) is 1.44. The minimum Gasteiger partial charge on any atom is -0.458 e. The van der Waals surface area contributed by atoms with E-state index in [0.29, 0.717) is 12.5 Å². The number of carbonyl (C=O) groups is 1. The molecule has 2 atom stereocenters. The molecular formula is C12H16O3. The van der Waals surface area contributed by atoms with Gasteiger partial charge in [0.25, 0.3) is 0 Å². The van der Waals surface area contributed by atoms with Gasteiger partial charge in [0.15, 0.2) is 0 Å². The molecule has 0 bridgehead atoms. The van der Waals surface area contributed by atoms with Gasteiger partial charge in [-0.2, -0.15) is 0 Å². The van der Waals surface area contributed by atoms with Crippen LogP contribution in [0.25, 0.3) is 0 Å². The lowest BCUT2D eigenvalue weighted by Crippen LogP contribution is -2.28. The highest BCUT2D eigenvalue weighted by atomic mass is 16.6. The molecule has 2 heterocycles. The maximum atomic E-state index is 10.9. The predicted molar refractivity (Wildman–Crippen MR) is 54.3 cm³/mol. The van der Waals surface area contributed by atoms with E-state index in [-0.39, 0.29) is 11.6 Å². The molecule has 1 aliphatic carbocycles. The van der Waals surface area contributed by atoms with Crippen molar-refractivity contribution in [3.63, 3.8) is 0 Å². The second-order valence-corrected chi connectivity index (χ2v) is 4.91. The molecule has 82 valence electrons. The van der Waals surface area contributed by atoms with Crippen molar-refractivity contribution in [3.8, 4) is 0 Å². The first-order valence-corrected chi connectivity index (χ1v) is 5.79. The van der Waals surface area contributed by atoms with Crippen LogP contribution >= 0.6 is 0 Å². The molecule has 0 N–H and O–H groups in total. The van der Waals surface area contributed by atoms with Gasteiger partial charge in [0.1, 0.15) is 6.61 Å². The molecule has 0 radical (unpaired) electrons. The Bertz CT molecular complexity index is 315. The van der Waals surface area contributed by atoms with Crippen LogP contribution in [0.2, 0.25) is 0 Å². The molecule has 0 aromatic carbocycles. The van der Waals surface area contributed by atoms with Crippen LogP contribution < -0.4 is 0 Å². The fourth-order valence-corrected chi connectivity index (χ4v) is 2.89. The Hall–Kier alpha value is -0.830. The van der Waals surface area contributed by atoms with Crippen molar-refractivity contribution < 1.29 is 14.3 Å². The zero-order valence-electron chi connectivity index (χ0n) is 8.83. The second-order valence-electron chi connectivity index (χ2n) is 4.91. The first-order valence-electron chi connectivity index (χ1n) is 5.79. The Labute approximate surface area is 89.4 Å². The number of esters is 1. The third-order valence-corrected chi connectivity index (χ3v) is 3.89. The summed E-state index contributed by atoms with van der Waals surface area (Å²) in [4.78, 5) is 10.9. The van der Waals surface area contributed by atoms with Crippen LogP contribution in [0, 0.1) is 5.92 Å². The fraction of sp³-hybridized carbons (Fsp3) is 0.750. The standard InChI is InChI=1S/C12H16O3/c13-11-6-9(7-14-11)5-10-3-1-2-4-12(10)8-15-12/h6,10H,1-5,7-8H2/t10-,12-/m1/s1. The highest BCUT2D eigenvalue weighted by Gasteiger charge is 2.52. The summed E-state index contributed by atoms with van der Waals surface area (Å²) < 4.78 is 10.6. The molecule has 2 aliphatic heterocycles. The number of ether oxygens (including phenoxy) is 2. The van der Waals surface area contributed by atoms with E-state index in [1.54, 1.807) is 6.08 Å². The van der Waals surface area contributed by atoms with Crippen molar-refractivity contribution >= 4 is 5.97 Å². The second kappa shape index (κ2) is 3.34. The largest absolute Gasteiger partial charge is 0.458 e. The number of rotatable bonds is 2. The molecule has 3 rings (SSSR count). The number of epoxide rings is 1. The van der Waals surface area contributed by atoms with Crippen molar-refractivity contribution in [1.82, 2.24) is 0 Å². The molecule has 3 nitrogen and oxygen atoms in total. The summed E-state index contributed by atoms with van der Waals surface area (Å²) in [5.74, 6) is 0.443. The first kappa shape index (κ1) is 9.40. The molecule has 3 aliphatic rings. The van der Waals surface area contributed by atoms with Gasteiger partial charge in [-0.3, -0.25) is 0 Å². The van der Waals surface area contributed by atoms with Crippen LogP contribution in [0.4, 0.5) is 0 Å². The normalized spacial score (nSPS) is 39.1. The van der Waals surface area contributed by atoms with Gasteiger partial charge in [-0.1, -0.05) is 12.8 Å². The smallest absolute Gasteiger partial charge is 0.331 e. The zero-order chi connectivity index (χ0) is 10.3. The average molecular weight is 208 g/mol. The number of cyclic esters (lactones) is 1. The van der Waals surface area contributed by atoms with Gasteiger partial charge in [0, 0.05) is 6.08 Å². The van der Waals surface area contributed by atoms with Gasteiger partial charge in [-0.25, -0.2) is 4.79 Å². The Kier molecular flexibility index (Phi) is 2.09. The molecule has 1 saturated carbocycles. The topological polar surface area (TPSA) is 38.8 Å². The molecular weight excluding hydrogens is 192 g/mol. The third-order valence-electron chi connectivity index (χ3n) is 3.89. The van der Waals surface area contributed by atoms with E-state index in [1.807, 2.05) is 0 Å². The maximum absolute atomic E-state index is 10.9. The van der Waals surface area contributed by atoms with Gasteiger partial charge in [0.05, 0.1) is 12.2 Å². The van der Waals surface area contributed by atoms with Gasteiger partial charge in [-0.15, -0.1) is 0 Å². The monoisotopic (exact) mass is 208 g/mol. The molecule has 0 aromatic heterocycles. The highest BCUT2D eigenvalue weighted by molar-refractivity contribution is 5.85. The van der Waals surface area contributed by atoms with E-state index < -0.39 is 0 Å². The van der Waals surface area contributed by atoms with Crippen molar-refractivity contribution in [2.75, 3.05) is 13.2 Å². The van der Waals surface area contributed by atoms with Crippen molar-refractivity contribution in [1.29, 1.82) is 0 Å². The highest BCUT2D eigenvalue weighted by Crippen LogP contribution is 2.48. The maximum Gasteiger partial charge on any atom is 0.331 e. The van der Waals surface area contributed by atoms with Crippen LogP contribution in [0.3, 0.4) is 0 Å². The molecule has 2 fully saturated rings. The summed E-state index contributed by atoms with van der Waals surface area (Å²) in [5, 5.41) is 0. The lowest BCUT2D eigenvalue weighted by atomic mass is 9.76. The minimum absolute atomic E-state index is 0.174. The summed E-state index contributed by atoms with van der Waals surface area (Å²) in [5.41, 5.74) is 1.34.